The minimum Gasteiger partial charge on any atom is -0.397 e. The summed E-state index contributed by atoms with van der Waals surface area (Å²) in [6.45, 7) is 2.13. The SMILES string of the molecule is C[C@@H](Nc1ccccc1N)c1ccccc1. The van der Waals surface area contributed by atoms with Crippen LogP contribution >= 0.6 is 0 Å². The molecule has 0 spiro atoms. The molecular formula is C14H16N2. The van der Waals surface area contributed by atoms with Crippen LogP contribution in [0.2, 0.25) is 0 Å². The van der Waals surface area contributed by atoms with Gasteiger partial charge in [0.15, 0.2) is 0 Å². The molecule has 2 nitrogen and oxygen atoms in total. The van der Waals surface area contributed by atoms with Crippen LogP contribution in [-0.4, -0.2) is 0 Å². The van der Waals surface area contributed by atoms with Crippen LogP contribution in [0.15, 0.2) is 54.6 Å². The van der Waals surface area contributed by atoms with Gasteiger partial charge in [-0.25, -0.2) is 0 Å². The number of nitrogen functional groups attached to an aromatic ring is 1. The van der Waals surface area contributed by atoms with E-state index in [0.717, 1.165) is 11.4 Å². The van der Waals surface area contributed by atoms with Crippen molar-refractivity contribution in [3.8, 4) is 0 Å². The Balaban J connectivity index is 2.14. The molecule has 0 bridgehead atoms. The molecule has 0 aromatic heterocycles. The van der Waals surface area contributed by atoms with Gasteiger partial charge in [0.05, 0.1) is 11.4 Å². The Kier molecular flexibility index (Phi) is 3.10. The second-order valence-electron chi connectivity index (χ2n) is 3.86. The number of nitrogens with two attached hydrogens (primary N) is 1. The molecule has 2 aromatic carbocycles. The topological polar surface area (TPSA) is 38.0 Å². The van der Waals surface area contributed by atoms with Crippen LogP contribution in [0.25, 0.3) is 0 Å². The molecule has 0 aliphatic rings. The standard InChI is InChI=1S/C14H16N2/c1-11(12-7-3-2-4-8-12)16-14-10-6-5-9-13(14)15/h2-11,16H,15H2,1H3/t11-/m1/s1. The van der Waals surface area contributed by atoms with Gasteiger partial charge in [-0.15, -0.1) is 0 Å². The van der Waals surface area contributed by atoms with E-state index in [1.165, 1.54) is 5.56 Å². The number of rotatable bonds is 3. The lowest BCUT2D eigenvalue weighted by Gasteiger charge is -2.16. The Hall–Kier alpha value is -1.96. The van der Waals surface area contributed by atoms with Gasteiger partial charge in [0.1, 0.15) is 0 Å². The molecule has 1 atom stereocenters. The molecule has 0 unspecified atom stereocenters. The highest BCUT2D eigenvalue weighted by Crippen LogP contribution is 2.23. The van der Waals surface area contributed by atoms with Crippen LogP contribution < -0.4 is 11.1 Å². The molecule has 0 amide bonds. The fourth-order valence-corrected chi connectivity index (χ4v) is 1.69. The highest BCUT2D eigenvalue weighted by Gasteiger charge is 2.05. The van der Waals surface area contributed by atoms with E-state index in [0.29, 0.717) is 0 Å². The predicted octanol–water partition coefficient (Wildman–Crippen LogP) is 3.44. The van der Waals surface area contributed by atoms with Gasteiger partial charge in [-0.2, -0.15) is 0 Å². The molecule has 0 saturated carbocycles. The first-order chi connectivity index (χ1) is 7.77. The highest BCUT2D eigenvalue weighted by molar-refractivity contribution is 5.66. The average Bonchev–Trinajstić information content (AvgIpc) is 2.33. The summed E-state index contributed by atoms with van der Waals surface area (Å²) in [5.74, 6) is 0. The van der Waals surface area contributed by atoms with Crippen molar-refractivity contribution in [3.05, 3.63) is 60.2 Å². The molecular weight excluding hydrogens is 196 g/mol. The maximum Gasteiger partial charge on any atom is 0.0578 e. The van der Waals surface area contributed by atoms with Crippen molar-refractivity contribution in [2.75, 3.05) is 11.1 Å². The molecule has 2 aromatic rings. The molecule has 0 aliphatic heterocycles. The summed E-state index contributed by atoms with van der Waals surface area (Å²) >= 11 is 0. The maximum absolute atomic E-state index is 5.88. The predicted molar refractivity (Wildman–Crippen MR) is 69.3 cm³/mol. The van der Waals surface area contributed by atoms with E-state index in [4.69, 9.17) is 5.73 Å². The summed E-state index contributed by atoms with van der Waals surface area (Å²) in [4.78, 5) is 0. The summed E-state index contributed by atoms with van der Waals surface area (Å²) in [6, 6.07) is 18.4. The number of hydrogen-bond acceptors (Lipinski definition) is 2. The minimum atomic E-state index is 0.255. The molecule has 3 N–H and O–H groups in total. The zero-order valence-corrected chi connectivity index (χ0v) is 9.35. The number of para-hydroxylation sites is 2. The zero-order chi connectivity index (χ0) is 11.4. The van der Waals surface area contributed by atoms with Crippen molar-refractivity contribution in [3.63, 3.8) is 0 Å². The number of hydrogen-bond donors (Lipinski definition) is 2. The lowest BCUT2D eigenvalue weighted by molar-refractivity contribution is 0.885. The Morgan fingerprint density at radius 3 is 2.25 bits per heavy atom. The average molecular weight is 212 g/mol. The Morgan fingerprint density at radius 1 is 0.938 bits per heavy atom. The molecule has 0 saturated heterocycles. The van der Waals surface area contributed by atoms with E-state index in [-0.39, 0.29) is 6.04 Å². The van der Waals surface area contributed by atoms with Crippen molar-refractivity contribution in [1.82, 2.24) is 0 Å². The van der Waals surface area contributed by atoms with Gasteiger partial charge in [-0.3, -0.25) is 0 Å². The normalized spacial score (nSPS) is 12.1. The first-order valence-corrected chi connectivity index (χ1v) is 5.43. The van der Waals surface area contributed by atoms with Crippen LogP contribution in [0.5, 0.6) is 0 Å². The Bertz CT molecular complexity index is 451. The molecule has 0 fully saturated rings. The number of benzene rings is 2. The molecule has 2 heteroatoms. The number of anilines is 2. The van der Waals surface area contributed by atoms with Gasteiger partial charge < -0.3 is 11.1 Å². The zero-order valence-electron chi connectivity index (χ0n) is 9.35. The van der Waals surface area contributed by atoms with Crippen molar-refractivity contribution >= 4 is 11.4 Å². The van der Waals surface area contributed by atoms with E-state index in [1.54, 1.807) is 0 Å². The largest absolute Gasteiger partial charge is 0.397 e. The fraction of sp³-hybridized carbons (Fsp3) is 0.143. The summed E-state index contributed by atoms with van der Waals surface area (Å²) in [5, 5.41) is 3.40. The lowest BCUT2D eigenvalue weighted by atomic mass is 10.1. The summed E-state index contributed by atoms with van der Waals surface area (Å²) < 4.78 is 0. The van der Waals surface area contributed by atoms with E-state index in [9.17, 15) is 0 Å². The minimum absolute atomic E-state index is 0.255. The monoisotopic (exact) mass is 212 g/mol. The molecule has 2 rings (SSSR count). The molecule has 0 radical (unpaired) electrons. The molecule has 0 heterocycles. The first kappa shape index (κ1) is 10.6. The smallest absolute Gasteiger partial charge is 0.0578 e. The maximum atomic E-state index is 5.88. The third-order valence-electron chi connectivity index (χ3n) is 2.63. The van der Waals surface area contributed by atoms with Crippen molar-refractivity contribution in [1.29, 1.82) is 0 Å². The van der Waals surface area contributed by atoms with Gasteiger partial charge in [-0.1, -0.05) is 42.5 Å². The second-order valence-corrected chi connectivity index (χ2v) is 3.86. The van der Waals surface area contributed by atoms with Gasteiger partial charge in [0, 0.05) is 6.04 Å². The Labute approximate surface area is 96.1 Å². The van der Waals surface area contributed by atoms with Crippen LogP contribution in [-0.2, 0) is 0 Å². The molecule has 0 aliphatic carbocycles. The quantitative estimate of drug-likeness (QED) is 0.765. The van der Waals surface area contributed by atoms with Crippen molar-refractivity contribution in [2.45, 2.75) is 13.0 Å². The lowest BCUT2D eigenvalue weighted by Crippen LogP contribution is -2.07. The summed E-state index contributed by atoms with van der Waals surface area (Å²) in [5.41, 5.74) is 8.91. The fourth-order valence-electron chi connectivity index (χ4n) is 1.69. The summed E-state index contributed by atoms with van der Waals surface area (Å²) in [6.07, 6.45) is 0. The van der Waals surface area contributed by atoms with Crippen molar-refractivity contribution < 1.29 is 0 Å². The first-order valence-electron chi connectivity index (χ1n) is 5.43. The van der Waals surface area contributed by atoms with Crippen molar-refractivity contribution in [2.24, 2.45) is 0 Å². The molecule has 82 valence electrons. The van der Waals surface area contributed by atoms with Gasteiger partial charge in [0.2, 0.25) is 0 Å². The van der Waals surface area contributed by atoms with Gasteiger partial charge >= 0.3 is 0 Å². The molecule has 16 heavy (non-hydrogen) atoms. The van der Waals surface area contributed by atoms with E-state index < -0.39 is 0 Å². The second kappa shape index (κ2) is 4.71. The Morgan fingerprint density at radius 2 is 1.56 bits per heavy atom. The third-order valence-corrected chi connectivity index (χ3v) is 2.63. The summed E-state index contributed by atoms with van der Waals surface area (Å²) in [7, 11) is 0. The van der Waals surface area contributed by atoms with E-state index >= 15 is 0 Å². The van der Waals surface area contributed by atoms with Crippen LogP contribution in [0.3, 0.4) is 0 Å². The van der Waals surface area contributed by atoms with Gasteiger partial charge in [-0.05, 0) is 24.6 Å². The van der Waals surface area contributed by atoms with Crippen LogP contribution in [0, 0.1) is 0 Å². The highest BCUT2D eigenvalue weighted by atomic mass is 14.9. The number of nitrogens with one attached hydrogen (secondary N) is 1. The van der Waals surface area contributed by atoms with Gasteiger partial charge in [0.25, 0.3) is 0 Å². The van der Waals surface area contributed by atoms with Crippen LogP contribution in [0.4, 0.5) is 11.4 Å². The van der Waals surface area contributed by atoms with E-state index in [1.807, 2.05) is 42.5 Å². The van der Waals surface area contributed by atoms with E-state index in [2.05, 4.69) is 24.4 Å². The third kappa shape index (κ3) is 2.34. The van der Waals surface area contributed by atoms with Crippen LogP contribution in [0.1, 0.15) is 18.5 Å².